The number of hydrogen-bond donors (Lipinski definition) is 2. The number of fused-ring (bicyclic) bond motifs is 1. The van der Waals surface area contributed by atoms with Crippen molar-refractivity contribution in [2.45, 2.75) is 19.4 Å². The van der Waals surface area contributed by atoms with Crippen LogP contribution in [0.1, 0.15) is 23.2 Å². The van der Waals surface area contributed by atoms with E-state index in [-0.39, 0.29) is 11.3 Å². The molecule has 1 aliphatic rings. The first-order chi connectivity index (χ1) is 9.08. The molecule has 0 bridgehead atoms. The van der Waals surface area contributed by atoms with Crippen molar-refractivity contribution in [1.82, 2.24) is 4.57 Å². The molecule has 1 amide bonds. The van der Waals surface area contributed by atoms with Gasteiger partial charge in [0.25, 0.3) is 11.7 Å². The van der Waals surface area contributed by atoms with Crippen molar-refractivity contribution in [3.63, 3.8) is 0 Å². The Bertz CT molecular complexity index is 683. The number of carbonyl (C=O) groups excluding carboxylic acids is 2. The Kier molecular flexibility index (Phi) is 2.55. The third-order valence-electron chi connectivity index (χ3n) is 3.50. The molecule has 3 rings (SSSR count). The fourth-order valence-corrected chi connectivity index (χ4v) is 2.38. The molecular formula is C14H14N2O3. The Morgan fingerprint density at radius 2 is 2.11 bits per heavy atom. The molecule has 2 aromatic rings. The number of aromatic hydroxyl groups is 1. The molecule has 98 valence electrons. The van der Waals surface area contributed by atoms with Crippen molar-refractivity contribution >= 4 is 22.6 Å². The molecule has 1 aliphatic carbocycles. The number of Topliss-reactive ketones (excluding diaryl/α,β-unsaturated/α-hetero) is 1. The van der Waals surface area contributed by atoms with E-state index in [1.807, 2.05) is 4.57 Å². The highest BCUT2D eigenvalue weighted by Crippen LogP contribution is 2.35. The number of carbonyl (C=O) groups is 2. The number of primary amides is 1. The molecule has 0 spiro atoms. The Morgan fingerprint density at radius 1 is 1.37 bits per heavy atom. The summed E-state index contributed by atoms with van der Waals surface area (Å²) in [5.41, 5.74) is 5.92. The van der Waals surface area contributed by atoms with Gasteiger partial charge in [0, 0.05) is 18.1 Å². The molecule has 1 fully saturated rings. The molecule has 5 heteroatoms. The van der Waals surface area contributed by atoms with Gasteiger partial charge in [-0.1, -0.05) is 12.1 Å². The number of nitrogens with zero attached hydrogens (tertiary/aromatic N) is 1. The van der Waals surface area contributed by atoms with E-state index in [0.29, 0.717) is 16.8 Å². The number of nitrogens with two attached hydrogens (primary N) is 1. The second kappa shape index (κ2) is 4.12. The van der Waals surface area contributed by atoms with Crippen molar-refractivity contribution in [1.29, 1.82) is 0 Å². The van der Waals surface area contributed by atoms with Gasteiger partial charge in [-0.05, 0) is 24.8 Å². The smallest absolute Gasteiger partial charge is 0.289 e. The van der Waals surface area contributed by atoms with Crippen LogP contribution in [0.5, 0.6) is 5.75 Å². The monoisotopic (exact) mass is 258 g/mol. The fourth-order valence-electron chi connectivity index (χ4n) is 2.38. The van der Waals surface area contributed by atoms with Crippen LogP contribution in [0.3, 0.4) is 0 Å². The van der Waals surface area contributed by atoms with E-state index in [1.54, 1.807) is 24.4 Å². The van der Waals surface area contributed by atoms with Crippen LogP contribution in [-0.4, -0.2) is 21.4 Å². The highest BCUT2D eigenvalue weighted by Gasteiger charge is 2.25. The van der Waals surface area contributed by atoms with Gasteiger partial charge in [0.1, 0.15) is 5.75 Å². The lowest BCUT2D eigenvalue weighted by molar-refractivity contribution is -0.114. The summed E-state index contributed by atoms with van der Waals surface area (Å²) < 4.78 is 1.85. The lowest BCUT2D eigenvalue weighted by atomic mass is 10.1. The van der Waals surface area contributed by atoms with Gasteiger partial charge in [-0.15, -0.1) is 0 Å². The van der Waals surface area contributed by atoms with Crippen LogP contribution >= 0.6 is 0 Å². The summed E-state index contributed by atoms with van der Waals surface area (Å²) in [5.74, 6) is -0.993. The summed E-state index contributed by atoms with van der Waals surface area (Å²) in [4.78, 5) is 22.9. The molecule has 1 heterocycles. The number of para-hydroxylation sites is 1. The summed E-state index contributed by atoms with van der Waals surface area (Å²) in [5, 5.41) is 10.5. The highest BCUT2D eigenvalue weighted by molar-refractivity contribution is 6.44. The lowest BCUT2D eigenvalue weighted by Gasteiger charge is -2.04. The minimum atomic E-state index is -0.978. The van der Waals surface area contributed by atoms with Gasteiger partial charge in [0.2, 0.25) is 0 Å². The predicted molar refractivity (Wildman–Crippen MR) is 69.9 cm³/mol. The van der Waals surface area contributed by atoms with Crippen LogP contribution in [0.15, 0.2) is 24.4 Å². The molecule has 1 aromatic heterocycles. The zero-order valence-corrected chi connectivity index (χ0v) is 10.3. The Morgan fingerprint density at radius 3 is 2.74 bits per heavy atom. The average Bonchev–Trinajstić information content (AvgIpc) is 3.10. The van der Waals surface area contributed by atoms with Crippen LogP contribution in [0.4, 0.5) is 0 Å². The van der Waals surface area contributed by atoms with E-state index < -0.39 is 11.7 Å². The number of benzene rings is 1. The molecule has 3 N–H and O–H groups in total. The molecular weight excluding hydrogens is 244 g/mol. The van der Waals surface area contributed by atoms with Crippen LogP contribution in [-0.2, 0) is 11.3 Å². The quantitative estimate of drug-likeness (QED) is 0.642. The Hall–Kier alpha value is -2.30. The van der Waals surface area contributed by atoms with Gasteiger partial charge in [-0.3, -0.25) is 9.59 Å². The van der Waals surface area contributed by atoms with Crippen LogP contribution in [0.2, 0.25) is 0 Å². The summed E-state index contributed by atoms with van der Waals surface area (Å²) in [6.07, 6.45) is 3.94. The number of hydrogen-bond acceptors (Lipinski definition) is 3. The minimum absolute atomic E-state index is 0.113. The first-order valence-electron chi connectivity index (χ1n) is 6.23. The molecule has 0 unspecified atom stereocenters. The Labute approximate surface area is 109 Å². The summed E-state index contributed by atoms with van der Waals surface area (Å²) >= 11 is 0. The van der Waals surface area contributed by atoms with Crippen molar-refractivity contribution in [2.24, 2.45) is 11.7 Å². The summed E-state index contributed by atoms with van der Waals surface area (Å²) in [6, 6.07) is 4.94. The van der Waals surface area contributed by atoms with E-state index in [4.69, 9.17) is 5.73 Å². The maximum Gasteiger partial charge on any atom is 0.289 e. The number of phenolic OH excluding ortho intramolecular Hbond substituents is 1. The maximum atomic E-state index is 11.8. The standard InChI is InChI=1S/C14H14N2O3/c15-14(19)13(18)10-7-16(6-8-4-5-8)12-9(10)2-1-3-11(12)17/h1-3,7-8,17H,4-6H2,(H2,15,19). The second-order valence-corrected chi connectivity index (χ2v) is 5.01. The number of ketones is 1. The van der Waals surface area contributed by atoms with Crippen LogP contribution in [0, 0.1) is 5.92 Å². The fraction of sp³-hybridized carbons (Fsp3) is 0.286. The van der Waals surface area contributed by atoms with Crippen LogP contribution in [0.25, 0.3) is 10.9 Å². The van der Waals surface area contributed by atoms with Crippen molar-refractivity contribution in [2.75, 3.05) is 0 Å². The number of aromatic nitrogens is 1. The molecule has 0 saturated heterocycles. The molecule has 19 heavy (non-hydrogen) atoms. The normalized spacial score (nSPS) is 14.7. The highest BCUT2D eigenvalue weighted by atomic mass is 16.3. The number of amides is 1. The van der Waals surface area contributed by atoms with Gasteiger partial charge in [-0.25, -0.2) is 0 Å². The molecule has 0 radical (unpaired) electrons. The number of rotatable bonds is 4. The summed E-state index contributed by atoms with van der Waals surface area (Å²) in [7, 11) is 0. The lowest BCUT2D eigenvalue weighted by Crippen LogP contribution is -2.22. The molecule has 0 atom stereocenters. The molecule has 1 aromatic carbocycles. The van der Waals surface area contributed by atoms with Gasteiger partial charge < -0.3 is 15.4 Å². The predicted octanol–water partition coefficient (Wildman–Crippen LogP) is 1.42. The van der Waals surface area contributed by atoms with E-state index in [0.717, 1.165) is 19.4 Å². The van der Waals surface area contributed by atoms with Crippen LogP contribution < -0.4 is 5.73 Å². The van der Waals surface area contributed by atoms with Gasteiger partial charge in [0.05, 0.1) is 11.1 Å². The van der Waals surface area contributed by atoms with E-state index in [2.05, 4.69) is 0 Å². The van der Waals surface area contributed by atoms with Gasteiger partial charge in [-0.2, -0.15) is 0 Å². The van der Waals surface area contributed by atoms with E-state index in [1.165, 1.54) is 0 Å². The largest absolute Gasteiger partial charge is 0.506 e. The average molecular weight is 258 g/mol. The zero-order chi connectivity index (χ0) is 13.6. The van der Waals surface area contributed by atoms with Crippen molar-refractivity contribution in [3.05, 3.63) is 30.0 Å². The zero-order valence-electron chi connectivity index (χ0n) is 10.3. The Balaban J connectivity index is 2.19. The number of phenols is 1. The van der Waals surface area contributed by atoms with Gasteiger partial charge in [0.15, 0.2) is 0 Å². The van der Waals surface area contributed by atoms with Crippen molar-refractivity contribution in [3.8, 4) is 5.75 Å². The second-order valence-electron chi connectivity index (χ2n) is 5.01. The maximum absolute atomic E-state index is 11.8. The molecule has 5 nitrogen and oxygen atoms in total. The molecule has 1 saturated carbocycles. The minimum Gasteiger partial charge on any atom is -0.506 e. The van der Waals surface area contributed by atoms with Gasteiger partial charge >= 0.3 is 0 Å². The van der Waals surface area contributed by atoms with E-state index >= 15 is 0 Å². The third-order valence-corrected chi connectivity index (χ3v) is 3.50. The SMILES string of the molecule is NC(=O)C(=O)c1cn(CC2CC2)c2c(O)cccc12. The third kappa shape index (κ3) is 1.97. The van der Waals surface area contributed by atoms with Crippen molar-refractivity contribution < 1.29 is 14.7 Å². The first-order valence-corrected chi connectivity index (χ1v) is 6.23. The molecule has 0 aliphatic heterocycles. The topological polar surface area (TPSA) is 85.3 Å². The summed E-state index contributed by atoms with van der Waals surface area (Å²) in [6.45, 7) is 0.750. The van der Waals surface area contributed by atoms with E-state index in [9.17, 15) is 14.7 Å². The first kappa shape index (κ1) is 11.8.